The first-order valence-electron chi connectivity index (χ1n) is 5.57. The molecule has 0 bridgehead atoms. The monoisotopic (exact) mass is 370 g/mol. The van der Waals surface area contributed by atoms with E-state index in [1.54, 1.807) is 36.4 Å². The lowest BCUT2D eigenvalue weighted by atomic mass is 10.2. The lowest BCUT2D eigenvalue weighted by molar-refractivity contribution is 0.601. The normalized spacial score (nSPS) is 11.1. The summed E-state index contributed by atoms with van der Waals surface area (Å²) in [6.45, 7) is 0. The fourth-order valence-corrected chi connectivity index (χ4v) is 3.48. The van der Waals surface area contributed by atoms with Crippen molar-refractivity contribution < 1.29 is 8.42 Å². The van der Waals surface area contributed by atoms with Crippen LogP contribution >= 0.6 is 28.1 Å². The van der Waals surface area contributed by atoms with Gasteiger partial charge in [-0.05, 0) is 30.3 Å². The van der Waals surface area contributed by atoms with E-state index in [1.807, 2.05) is 0 Å². The van der Waals surface area contributed by atoms with Crippen LogP contribution in [0.1, 0.15) is 5.56 Å². The summed E-state index contributed by atoms with van der Waals surface area (Å²) in [6.07, 6.45) is 0. The molecule has 2 aromatic carbocycles. The van der Waals surface area contributed by atoms with Gasteiger partial charge < -0.3 is 5.73 Å². The van der Waals surface area contributed by atoms with E-state index in [2.05, 4.69) is 20.7 Å². The fraction of sp³-hybridized carbons (Fsp3) is 0. The number of thiocarbonyl (C=S) groups is 1. The largest absolute Gasteiger partial charge is 0.389 e. The molecule has 0 heterocycles. The molecule has 2 rings (SSSR count). The zero-order valence-corrected chi connectivity index (χ0v) is 13.4. The molecule has 7 heteroatoms. The number of nitrogens with two attached hydrogens (primary N) is 1. The van der Waals surface area contributed by atoms with Gasteiger partial charge in [-0.2, -0.15) is 0 Å². The average molecular weight is 371 g/mol. The second-order valence-electron chi connectivity index (χ2n) is 3.97. The Balaban J connectivity index is 2.41. The predicted molar refractivity (Wildman–Crippen MR) is 87.3 cm³/mol. The van der Waals surface area contributed by atoms with E-state index in [4.69, 9.17) is 18.0 Å². The molecule has 3 N–H and O–H groups in total. The minimum atomic E-state index is -3.69. The van der Waals surface area contributed by atoms with Gasteiger partial charge in [-0.3, -0.25) is 4.72 Å². The summed E-state index contributed by atoms with van der Waals surface area (Å²) in [7, 11) is -3.69. The highest BCUT2D eigenvalue weighted by atomic mass is 79.9. The molecule has 0 saturated heterocycles. The Hall–Kier alpha value is -1.44. The lowest BCUT2D eigenvalue weighted by Gasteiger charge is -2.11. The summed E-state index contributed by atoms with van der Waals surface area (Å²) in [5.41, 5.74) is 6.43. The molecular formula is C13H11BrN2O2S2. The third-order valence-electron chi connectivity index (χ3n) is 2.54. The van der Waals surface area contributed by atoms with E-state index in [1.165, 1.54) is 12.1 Å². The van der Waals surface area contributed by atoms with Crippen LogP contribution in [0.15, 0.2) is 57.9 Å². The summed E-state index contributed by atoms with van der Waals surface area (Å²) in [4.78, 5) is 0.294. The van der Waals surface area contributed by atoms with Crippen molar-refractivity contribution in [2.75, 3.05) is 4.72 Å². The first-order valence-corrected chi connectivity index (χ1v) is 8.26. The lowest BCUT2D eigenvalue weighted by Crippen LogP contribution is -2.18. The molecule has 0 aliphatic carbocycles. The number of anilines is 1. The highest BCUT2D eigenvalue weighted by molar-refractivity contribution is 9.10. The number of hydrogen-bond acceptors (Lipinski definition) is 3. The molecule has 104 valence electrons. The molecule has 0 aromatic heterocycles. The van der Waals surface area contributed by atoms with Crippen LogP contribution in [0.25, 0.3) is 0 Å². The van der Waals surface area contributed by atoms with E-state index in [9.17, 15) is 8.42 Å². The fourth-order valence-electron chi connectivity index (χ4n) is 1.62. The predicted octanol–water partition coefficient (Wildman–Crippen LogP) is 2.88. The highest BCUT2D eigenvalue weighted by Crippen LogP contribution is 2.22. The Morgan fingerprint density at radius 2 is 1.85 bits per heavy atom. The quantitative estimate of drug-likeness (QED) is 0.811. The molecule has 0 fully saturated rings. The summed E-state index contributed by atoms with van der Waals surface area (Å²) < 4.78 is 27.8. The summed E-state index contributed by atoms with van der Waals surface area (Å²) >= 11 is 8.16. The van der Waals surface area contributed by atoms with Crippen LogP contribution in [-0.2, 0) is 10.0 Å². The standard InChI is InChI=1S/C13H11BrN2O2S2/c14-9-4-3-5-10(8-9)20(17,18)16-12-7-2-1-6-11(12)13(15)19/h1-8,16H,(H2,15,19). The van der Waals surface area contributed by atoms with E-state index in [0.717, 1.165) is 0 Å². The van der Waals surface area contributed by atoms with Crippen molar-refractivity contribution in [3.63, 3.8) is 0 Å². The molecule has 0 spiro atoms. The minimum Gasteiger partial charge on any atom is -0.389 e. The summed E-state index contributed by atoms with van der Waals surface area (Å²) in [5, 5.41) is 0. The molecule has 4 nitrogen and oxygen atoms in total. The van der Waals surface area contributed by atoms with Crippen LogP contribution in [0, 0.1) is 0 Å². The second-order valence-corrected chi connectivity index (χ2v) is 7.01. The Morgan fingerprint density at radius 1 is 1.15 bits per heavy atom. The maximum atomic E-state index is 12.3. The summed E-state index contributed by atoms with van der Waals surface area (Å²) in [5.74, 6) is 0. The average Bonchev–Trinajstić information content (AvgIpc) is 2.38. The molecular weight excluding hydrogens is 360 g/mol. The summed E-state index contributed by atoms with van der Waals surface area (Å²) in [6, 6.07) is 13.2. The van der Waals surface area contributed by atoms with Crippen molar-refractivity contribution in [1.82, 2.24) is 0 Å². The van der Waals surface area contributed by atoms with Gasteiger partial charge in [0.1, 0.15) is 4.99 Å². The zero-order chi connectivity index (χ0) is 14.8. The third-order valence-corrected chi connectivity index (χ3v) is 4.62. The van der Waals surface area contributed by atoms with Gasteiger partial charge in [0.25, 0.3) is 10.0 Å². The number of halogens is 1. The van der Waals surface area contributed by atoms with Gasteiger partial charge in [-0.1, -0.05) is 46.3 Å². The first-order chi connectivity index (χ1) is 9.40. The Kier molecular flexibility index (Phi) is 4.42. The number of para-hydroxylation sites is 1. The molecule has 0 amide bonds. The van der Waals surface area contributed by atoms with E-state index >= 15 is 0 Å². The molecule has 20 heavy (non-hydrogen) atoms. The van der Waals surface area contributed by atoms with Crippen molar-refractivity contribution in [2.45, 2.75) is 4.90 Å². The van der Waals surface area contributed by atoms with Crippen LogP contribution < -0.4 is 10.5 Å². The number of nitrogens with one attached hydrogen (secondary N) is 1. The minimum absolute atomic E-state index is 0.137. The van der Waals surface area contributed by atoms with Crippen LogP contribution in [0.4, 0.5) is 5.69 Å². The third kappa shape index (κ3) is 3.36. The maximum absolute atomic E-state index is 12.3. The number of hydrogen-bond donors (Lipinski definition) is 2. The van der Waals surface area contributed by atoms with Crippen LogP contribution in [0.3, 0.4) is 0 Å². The molecule has 0 unspecified atom stereocenters. The Morgan fingerprint density at radius 3 is 2.50 bits per heavy atom. The van der Waals surface area contributed by atoms with Crippen molar-refractivity contribution >= 4 is 48.8 Å². The Labute approximate surface area is 131 Å². The topological polar surface area (TPSA) is 72.2 Å². The van der Waals surface area contributed by atoms with E-state index < -0.39 is 10.0 Å². The first kappa shape index (κ1) is 15.0. The van der Waals surface area contributed by atoms with Crippen LogP contribution in [0.2, 0.25) is 0 Å². The van der Waals surface area contributed by atoms with Crippen LogP contribution in [0.5, 0.6) is 0 Å². The molecule has 0 aliphatic rings. The second kappa shape index (κ2) is 5.90. The smallest absolute Gasteiger partial charge is 0.261 e. The SMILES string of the molecule is NC(=S)c1ccccc1NS(=O)(=O)c1cccc(Br)c1. The van der Waals surface area contributed by atoms with Crippen molar-refractivity contribution in [1.29, 1.82) is 0 Å². The van der Waals surface area contributed by atoms with Crippen molar-refractivity contribution in [3.05, 3.63) is 58.6 Å². The zero-order valence-electron chi connectivity index (χ0n) is 10.2. The number of benzene rings is 2. The molecule has 0 atom stereocenters. The molecule has 0 saturated carbocycles. The number of rotatable bonds is 4. The van der Waals surface area contributed by atoms with E-state index in [-0.39, 0.29) is 9.88 Å². The van der Waals surface area contributed by atoms with Gasteiger partial charge in [0, 0.05) is 10.0 Å². The Bertz CT molecular complexity index is 760. The maximum Gasteiger partial charge on any atom is 0.261 e. The van der Waals surface area contributed by atoms with Crippen molar-refractivity contribution in [3.8, 4) is 0 Å². The molecule has 0 aliphatic heterocycles. The van der Waals surface area contributed by atoms with Crippen LogP contribution in [-0.4, -0.2) is 13.4 Å². The van der Waals surface area contributed by atoms with Gasteiger partial charge >= 0.3 is 0 Å². The highest BCUT2D eigenvalue weighted by Gasteiger charge is 2.16. The van der Waals surface area contributed by atoms with E-state index in [0.29, 0.717) is 15.7 Å². The molecule has 2 aromatic rings. The van der Waals surface area contributed by atoms with Gasteiger partial charge in [-0.25, -0.2) is 8.42 Å². The van der Waals surface area contributed by atoms with Gasteiger partial charge in [0.15, 0.2) is 0 Å². The number of sulfonamides is 1. The van der Waals surface area contributed by atoms with Crippen molar-refractivity contribution in [2.24, 2.45) is 5.73 Å². The van der Waals surface area contributed by atoms with Gasteiger partial charge in [-0.15, -0.1) is 0 Å². The van der Waals surface area contributed by atoms with Gasteiger partial charge in [0.05, 0.1) is 10.6 Å². The molecule has 0 radical (unpaired) electrons. The van der Waals surface area contributed by atoms with Gasteiger partial charge in [0.2, 0.25) is 0 Å².